The van der Waals surface area contributed by atoms with E-state index in [4.69, 9.17) is 0 Å². The van der Waals surface area contributed by atoms with Gasteiger partial charge in [0.05, 0.1) is 6.42 Å². The van der Waals surface area contributed by atoms with E-state index < -0.39 is 16.0 Å². The summed E-state index contributed by atoms with van der Waals surface area (Å²) < 4.78 is 34.3. The lowest BCUT2D eigenvalue weighted by molar-refractivity contribution is -0.134. The summed E-state index contributed by atoms with van der Waals surface area (Å²) in [5.41, 5.74) is 0. The van der Waals surface area contributed by atoms with Gasteiger partial charge in [-0.15, -0.1) is 0 Å². The van der Waals surface area contributed by atoms with Crippen molar-refractivity contribution >= 4 is 22.6 Å². The summed E-state index contributed by atoms with van der Waals surface area (Å²) in [4.78, 5) is 0. The summed E-state index contributed by atoms with van der Waals surface area (Å²) >= 11 is 1.89. The largest absolute Gasteiger partial charge is 0.390 e. The van der Waals surface area contributed by atoms with Crippen LogP contribution in [0.2, 0.25) is 0 Å². The quantitative estimate of drug-likeness (QED) is 0.495. The predicted molar refractivity (Wildman–Crippen MR) is 36.7 cm³/mol. The van der Waals surface area contributed by atoms with Gasteiger partial charge in [-0.3, -0.25) is 0 Å². The summed E-state index contributed by atoms with van der Waals surface area (Å²) in [6, 6.07) is 0. The standard InChI is InChI=1S/C5H6F3I/c6-5(7,8)3-4(9)1-2-4/h1-3H2. The zero-order chi connectivity index (χ0) is 7.12. The first-order valence-corrected chi connectivity index (χ1v) is 3.75. The summed E-state index contributed by atoms with van der Waals surface area (Å²) in [7, 11) is 0. The smallest absolute Gasteiger partial charge is 0.171 e. The molecule has 9 heavy (non-hydrogen) atoms. The number of halogens is 4. The van der Waals surface area contributed by atoms with Crippen molar-refractivity contribution in [3.63, 3.8) is 0 Å². The van der Waals surface area contributed by atoms with Gasteiger partial charge in [0.1, 0.15) is 0 Å². The van der Waals surface area contributed by atoms with Gasteiger partial charge >= 0.3 is 6.18 Å². The van der Waals surface area contributed by atoms with Crippen molar-refractivity contribution < 1.29 is 13.2 Å². The van der Waals surface area contributed by atoms with Crippen LogP contribution in [0, 0.1) is 0 Å². The molecule has 0 bridgehead atoms. The highest BCUT2D eigenvalue weighted by molar-refractivity contribution is 14.1. The van der Waals surface area contributed by atoms with E-state index >= 15 is 0 Å². The Morgan fingerprint density at radius 1 is 1.33 bits per heavy atom. The van der Waals surface area contributed by atoms with E-state index in [0.717, 1.165) is 12.8 Å². The average Bonchev–Trinajstić information content (AvgIpc) is 2.12. The molecule has 0 nitrogen and oxygen atoms in total. The van der Waals surface area contributed by atoms with Gasteiger partial charge in [-0.05, 0) is 12.8 Å². The summed E-state index contributed by atoms with van der Waals surface area (Å²) in [5, 5.41) is 0. The van der Waals surface area contributed by atoms with E-state index in [2.05, 4.69) is 0 Å². The lowest BCUT2D eigenvalue weighted by atomic mass is 10.3. The third kappa shape index (κ3) is 2.73. The Hall–Kier alpha value is 0.520. The molecule has 1 aliphatic rings. The molecule has 54 valence electrons. The predicted octanol–water partition coefficient (Wildman–Crippen LogP) is 2.91. The van der Waals surface area contributed by atoms with Crippen LogP contribution in [0.5, 0.6) is 0 Å². The fraction of sp³-hybridized carbons (Fsp3) is 1.00. The van der Waals surface area contributed by atoms with Crippen LogP contribution in [0.3, 0.4) is 0 Å². The zero-order valence-electron chi connectivity index (χ0n) is 4.63. The molecule has 0 radical (unpaired) electrons. The first-order chi connectivity index (χ1) is 3.91. The molecule has 1 saturated carbocycles. The Bertz CT molecular complexity index is 111. The van der Waals surface area contributed by atoms with E-state index in [1.807, 2.05) is 22.6 Å². The van der Waals surface area contributed by atoms with Crippen molar-refractivity contribution in [1.29, 1.82) is 0 Å². The van der Waals surface area contributed by atoms with Gasteiger partial charge < -0.3 is 0 Å². The third-order valence-corrected chi connectivity index (χ3v) is 2.77. The Morgan fingerprint density at radius 3 is 1.89 bits per heavy atom. The summed E-state index contributed by atoms with van der Waals surface area (Å²) in [6.45, 7) is 0. The van der Waals surface area contributed by atoms with Crippen LogP contribution < -0.4 is 0 Å². The van der Waals surface area contributed by atoms with Gasteiger partial charge in [0, 0.05) is 3.42 Å². The number of hydrogen-bond acceptors (Lipinski definition) is 0. The van der Waals surface area contributed by atoms with Crippen LogP contribution in [0.15, 0.2) is 0 Å². The van der Waals surface area contributed by atoms with E-state index in [1.54, 1.807) is 0 Å². The maximum atomic E-state index is 11.6. The van der Waals surface area contributed by atoms with Crippen molar-refractivity contribution in [3.05, 3.63) is 0 Å². The highest BCUT2D eigenvalue weighted by atomic mass is 127. The van der Waals surface area contributed by atoms with Crippen molar-refractivity contribution in [1.82, 2.24) is 0 Å². The molecule has 0 aromatic heterocycles. The minimum absolute atomic E-state index is 0.421. The van der Waals surface area contributed by atoms with E-state index in [-0.39, 0.29) is 0 Å². The zero-order valence-corrected chi connectivity index (χ0v) is 6.79. The second-order valence-electron chi connectivity index (χ2n) is 2.44. The van der Waals surface area contributed by atoms with Gasteiger partial charge in [0.15, 0.2) is 0 Å². The fourth-order valence-electron chi connectivity index (χ4n) is 0.672. The fourth-order valence-corrected chi connectivity index (χ4v) is 1.37. The SMILES string of the molecule is FC(F)(F)CC1(I)CC1. The minimum atomic E-state index is -3.96. The summed E-state index contributed by atoms with van der Waals surface area (Å²) in [6.07, 6.45) is -3.11. The lowest BCUT2D eigenvalue weighted by Crippen LogP contribution is -2.15. The van der Waals surface area contributed by atoms with Gasteiger partial charge in [0.25, 0.3) is 0 Å². The monoisotopic (exact) mass is 250 g/mol. The third-order valence-electron chi connectivity index (χ3n) is 1.31. The molecular weight excluding hydrogens is 244 g/mol. The number of rotatable bonds is 1. The Labute approximate surface area is 65.0 Å². The first-order valence-electron chi connectivity index (χ1n) is 2.67. The van der Waals surface area contributed by atoms with Crippen molar-refractivity contribution in [2.75, 3.05) is 0 Å². The second-order valence-corrected chi connectivity index (χ2v) is 4.73. The normalized spacial score (nSPS) is 24.0. The topological polar surface area (TPSA) is 0 Å². The molecule has 4 heteroatoms. The molecule has 0 spiro atoms. The molecule has 0 N–H and O–H groups in total. The Balaban J connectivity index is 2.33. The molecule has 0 heterocycles. The molecule has 0 atom stereocenters. The van der Waals surface area contributed by atoms with Gasteiger partial charge in [-0.1, -0.05) is 22.6 Å². The minimum Gasteiger partial charge on any atom is -0.171 e. The molecule has 0 aromatic rings. The molecule has 1 rings (SSSR count). The molecule has 1 aliphatic carbocycles. The molecule has 0 saturated heterocycles. The summed E-state index contributed by atoms with van der Waals surface area (Å²) in [5.74, 6) is 0. The lowest BCUT2D eigenvalue weighted by Gasteiger charge is -2.08. The Kier molecular flexibility index (Phi) is 1.69. The second kappa shape index (κ2) is 2.00. The molecule has 1 fully saturated rings. The van der Waals surface area contributed by atoms with Crippen molar-refractivity contribution in [3.8, 4) is 0 Å². The van der Waals surface area contributed by atoms with Gasteiger partial charge in [0.2, 0.25) is 0 Å². The highest BCUT2D eigenvalue weighted by Gasteiger charge is 2.48. The molecule has 0 aliphatic heterocycles. The molecule has 0 aromatic carbocycles. The Morgan fingerprint density at radius 2 is 1.78 bits per heavy atom. The van der Waals surface area contributed by atoms with Crippen LogP contribution in [0.1, 0.15) is 19.3 Å². The molecular formula is C5H6F3I. The molecule has 0 amide bonds. The van der Waals surface area contributed by atoms with Crippen LogP contribution >= 0.6 is 22.6 Å². The highest BCUT2D eigenvalue weighted by Crippen LogP contribution is 2.51. The van der Waals surface area contributed by atoms with Gasteiger partial charge in [-0.25, -0.2) is 0 Å². The van der Waals surface area contributed by atoms with E-state index in [9.17, 15) is 13.2 Å². The van der Waals surface area contributed by atoms with Crippen molar-refractivity contribution in [2.45, 2.75) is 28.9 Å². The van der Waals surface area contributed by atoms with E-state index in [0.29, 0.717) is 0 Å². The maximum Gasteiger partial charge on any atom is 0.390 e. The average molecular weight is 250 g/mol. The van der Waals surface area contributed by atoms with E-state index in [1.165, 1.54) is 0 Å². The number of hydrogen-bond donors (Lipinski definition) is 0. The van der Waals surface area contributed by atoms with Crippen LogP contribution in [-0.2, 0) is 0 Å². The maximum absolute atomic E-state index is 11.6. The van der Waals surface area contributed by atoms with Crippen molar-refractivity contribution in [2.24, 2.45) is 0 Å². The molecule has 0 unspecified atom stereocenters. The van der Waals surface area contributed by atoms with Gasteiger partial charge in [-0.2, -0.15) is 13.2 Å². The number of alkyl halides is 4. The van der Waals surface area contributed by atoms with Crippen LogP contribution in [0.25, 0.3) is 0 Å². The first kappa shape index (κ1) is 7.63. The van der Waals surface area contributed by atoms with Crippen LogP contribution in [0.4, 0.5) is 13.2 Å². The van der Waals surface area contributed by atoms with Crippen LogP contribution in [-0.4, -0.2) is 9.60 Å².